The molecular weight excluding hydrogens is 439 g/mol. The highest BCUT2D eigenvalue weighted by Gasteiger charge is 2.36. The average Bonchev–Trinajstić information content (AvgIpc) is 3.24. The lowest BCUT2D eigenvalue weighted by molar-refractivity contribution is -0.120. The Hall–Kier alpha value is -3.05. The Morgan fingerprint density at radius 2 is 1.83 bits per heavy atom. The lowest BCUT2D eigenvalue weighted by atomic mass is 9.85. The zero-order valence-corrected chi connectivity index (χ0v) is 20.3. The summed E-state index contributed by atoms with van der Waals surface area (Å²) < 4.78 is 16.1. The number of piperidine rings is 1. The normalized spacial score (nSPS) is 20.0. The Labute approximate surface area is 206 Å². The zero-order chi connectivity index (χ0) is 24.4. The summed E-state index contributed by atoms with van der Waals surface area (Å²) in [6.07, 6.45) is 3.61. The monoisotopic (exact) mass is 472 g/mol. The van der Waals surface area contributed by atoms with Gasteiger partial charge in [-0.1, -0.05) is 54.6 Å². The molecular formula is C30H33FN2O2. The number of benzene rings is 3. The quantitative estimate of drug-likeness (QED) is 0.380. The third-order valence-electron chi connectivity index (χ3n) is 7.72. The summed E-state index contributed by atoms with van der Waals surface area (Å²) >= 11 is 0. The van der Waals surface area contributed by atoms with Gasteiger partial charge in [-0.2, -0.15) is 0 Å². The smallest absolute Gasteiger partial charge is 0.145 e. The van der Waals surface area contributed by atoms with Crippen molar-refractivity contribution in [3.8, 4) is 0 Å². The number of para-hydroxylation sites is 1. The highest BCUT2D eigenvalue weighted by molar-refractivity contribution is 5.91. The number of Topliss-reactive ketones (excluding diaryl/α,β-unsaturated/α-hetero) is 1. The van der Waals surface area contributed by atoms with Crippen molar-refractivity contribution in [1.82, 2.24) is 4.90 Å². The van der Waals surface area contributed by atoms with Gasteiger partial charge in [0.05, 0.1) is 0 Å². The number of hydrogen-bond acceptors (Lipinski definition) is 4. The van der Waals surface area contributed by atoms with E-state index in [0.29, 0.717) is 11.6 Å². The van der Waals surface area contributed by atoms with Crippen LogP contribution < -0.4 is 5.32 Å². The number of hydrogen-bond donors (Lipinski definition) is 1. The molecule has 3 aromatic rings. The van der Waals surface area contributed by atoms with E-state index in [0.717, 1.165) is 44.3 Å². The molecule has 3 aromatic carbocycles. The summed E-state index contributed by atoms with van der Waals surface area (Å²) in [4.78, 5) is 25.4. The average molecular weight is 473 g/mol. The first-order chi connectivity index (χ1) is 17.0. The van der Waals surface area contributed by atoms with Crippen molar-refractivity contribution in [1.29, 1.82) is 0 Å². The first kappa shape index (κ1) is 23.7. The molecule has 1 fully saturated rings. The largest absolute Gasteiger partial charge is 0.382 e. The Bertz CT molecular complexity index is 1230. The first-order valence-electron chi connectivity index (χ1n) is 12.7. The first-order valence-corrected chi connectivity index (χ1v) is 12.7. The standard InChI is InChI=1S/C30H33FN2O2/c1-21(35)20-30(31,15-6-18-34)26-11-2-3-12-27(26)32-24-13-16-33(17-14-24)28-19-23-9-4-7-22-8-5-10-25(28)29(22)23/h2-5,7-12,18,24,28,32H,6,13-17,19-20H2,1H3. The van der Waals surface area contributed by atoms with Gasteiger partial charge in [0.15, 0.2) is 0 Å². The molecule has 2 atom stereocenters. The molecule has 35 heavy (non-hydrogen) atoms. The van der Waals surface area contributed by atoms with Crippen LogP contribution in [0.25, 0.3) is 10.8 Å². The van der Waals surface area contributed by atoms with Crippen LogP contribution >= 0.6 is 0 Å². The molecule has 1 N–H and O–H groups in total. The van der Waals surface area contributed by atoms with Gasteiger partial charge in [-0.05, 0) is 60.6 Å². The maximum absolute atomic E-state index is 16.1. The van der Waals surface area contributed by atoms with Gasteiger partial charge in [0.25, 0.3) is 0 Å². The molecule has 0 radical (unpaired) electrons. The third kappa shape index (κ3) is 4.74. The number of ketones is 1. The SMILES string of the molecule is CC(=O)CC(F)(CCC=O)c1ccccc1NC1CCN(C2Cc3cccc4cccc2c34)CC1. The summed E-state index contributed by atoms with van der Waals surface area (Å²) in [5, 5.41) is 6.34. The molecule has 1 aliphatic carbocycles. The van der Waals surface area contributed by atoms with E-state index >= 15 is 4.39 Å². The molecule has 0 amide bonds. The summed E-state index contributed by atoms with van der Waals surface area (Å²) in [6, 6.07) is 21.2. The minimum atomic E-state index is -1.84. The zero-order valence-electron chi connectivity index (χ0n) is 20.3. The van der Waals surface area contributed by atoms with Crippen LogP contribution in [0.3, 0.4) is 0 Å². The van der Waals surface area contributed by atoms with E-state index in [4.69, 9.17) is 0 Å². The Balaban J connectivity index is 1.29. The van der Waals surface area contributed by atoms with Gasteiger partial charge in [-0.3, -0.25) is 9.69 Å². The number of nitrogens with one attached hydrogen (secondary N) is 1. The minimum Gasteiger partial charge on any atom is -0.382 e. The van der Waals surface area contributed by atoms with Crippen molar-refractivity contribution >= 4 is 28.5 Å². The molecule has 1 saturated heterocycles. The van der Waals surface area contributed by atoms with Gasteiger partial charge in [0.1, 0.15) is 17.7 Å². The fraction of sp³-hybridized carbons (Fsp3) is 0.400. The van der Waals surface area contributed by atoms with Gasteiger partial charge in [-0.15, -0.1) is 0 Å². The maximum atomic E-state index is 16.1. The second-order valence-corrected chi connectivity index (χ2v) is 10.1. The maximum Gasteiger partial charge on any atom is 0.145 e. The molecule has 0 aromatic heterocycles. The van der Waals surface area contributed by atoms with Crippen LogP contribution in [0.4, 0.5) is 10.1 Å². The van der Waals surface area contributed by atoms with Crippen molar-refractivity contribution in [2.45, 2.75) is 63.2 Å². The summed E-state index contributed by atoms with van der Waals surface area (Å²) in [5.74, 6) is -0.214. The molecule has 4 nitrogen and oxygen atoms in total. The second kappa shape index (κ2) is 9.90. The predicted octanol–water partition coefficient (Wildman–Crippen LogP) is 6.14. The molecule has 0 saturated carbocycles. The molecule has 1 heterocycles. The molecule has 1 aliphatic heterocycles. The van der Waals surface area contributed by atoms with Gasteiger partial charge in [0, 0.05) is 49.3 Å². The van der Waals surface area contributed by atoms with Crippen molar-refractivity contribution in [3.05, 3.63) is 77.4 Å². The van der Waals surface area contributed by atoms with Crippen molar-refractivity contribution in [2.24, 2.45) is 0 Å². The number of carbonyl (C=O) groups is 2. The van der Waals surface area contributed by atoms with Gasteiger partial charge >= 0.3 is 0 Å². The number of anilines is 1. The van der Waals surface area contributed by atoms with Crippen molar-refractivity contribution < 1.29 is 14.0 Å². The molecule has 0 spiro atoms. The second-order valence-electron chi connectivity index (χ2n) is 10.1. The topological polar surface area (TPSA) is 49.4 Å². The number of aldehydes is 1. The van der Waals surface area contributed by atoms with E-state index in [1.54, 1.807) is 12.1 Å². The summed E-state index contributed by atoms with van der Waals surface area (Å²) in [7, 11) is 0. The fourth-order valence-corrected chi connectivity index (χ4v) is 6.12. The summed E-state index contributed by atoms with van der Waals surface area (Å²) in [6.45, 7) is 3.37. The third-order valence-corrected chi connectivity index (χ3v) is 7.72. The van der Waals surface area contributed by atoms with Crippen LogP contribution in [0.5, 0.6) is 0 Å². The van der Waals surface area contributed by atoms with Gasteiger partial charge in [-0.25, -0.2) is 4.39 Å². The Morgan fingerprint density at radius 3 is 2.57 bits per heavy atom. The number of rotatable bonds is 9. The predicted molar refractivity (Wildman–Crippen MR) is 138 cm³/mol. The van der Waals surface area contributed by atoms with E-state index in [1.807, 2.05) is 12.1 Å². The van der Waals surface area contributed by atoms with E-state index < -0.39 is 5.67 Å². The van der Waals surface area contributed by atoms with Crippen LogP contribution in [-0.4, -0.2) is 36.1 Å². The van der Waals surface area contributed by atoms with Crippen molar-refractivity contribution in [3.63, 3.8) is 0 Å². The van der Waals surface area contributed by atoms with Crippen molar-refractivity contribution in [2.75, 3.05) is 18.4 Å². The number of nitrogens with zero attached hydrogens (tertiary/aromatic N) is 1. The molecule has 2 unspecified atom stereocenters. The van der Waals surface area contributed by atoms with E-state index in [-0.39, 0.29) is 31.1 Å². The van der Waals surface area contributed by atoms with Crippen LogP contribution in [-0.2, 0) is 21.7 Å². The number of likely N-dealkylation sites (tertiary alicyclic amines) is 1. The lowest BCUT2D eigenvalue weighted by Gasteiger charge is -2.38. The van der Waals surface area contributed by atoms with E-state index in [9.17, 15) is 9.59 Å². The minimum absolute atomic E-state index is 0.0149. The van der Waals surface area contributed by atoms with Gasteiger partial charge in [0.2, 0.25) is 0 Å². The van der Waals surface area contributed by atoms with Crippen LogP contribution in [0.2, 0.25) is 0 Å². The molecule has 5 rings (SSSR count). The van der Waals surface area contributed by atoms with Gasteiger partial charge < -0.3 is 10.1 Å². The molecule has 182 valence electrons. The Kier molecular flexibility index (Phi) is 6.70. The van der Waals surface area contributed by atoms with Crippen LogP contribution in [0.1, 0.15) is 61.8 Å². The van der Waals surface area contributed by atoms with Crippen LogP contribution in [0, 0.1) is 0 Å². The Morgan fingerprint density at radius 1 is 1.09 bits per heavy atom. The number of alkyl halides is 1. The number of halogens is 1. The fourth-order valence-electron chi connectivity index (χ4n) is 6.12. The molecule has 5 heteroatoms. The van der Waals surface area contributed by atoms with Crippen LogP contribution in [0.15, 0.2) is 60.7 Å². The number of carbonyl (C=O) groups excluding carboxylic acids is 2. The molecule has 2 aliphatic rings. The highest BCUT2D eigenvalue weighted by Crippen LogP contribution is 2.42. The van der Waals surface area contributed by atoms with E-state index in [1.165, 1.54) is 28.8 Å². The summed E-state index contributed by atoms with van der Waals surface area (Å²) in [5.41, 5.74) is 2.26. The highest BCUT2D eigenvalue weighted by atomic mass is 19.1. The lowest BCUT2D eigenvalue weighted by Crippen LogP contribution is -2.41. The van der Waals surface area contributed by atoms with E-state index in [2.05, 4.69) is 46.6 Å². The molecule has 0 bridgehead atoms.